The summed E-state index contributed by atoms with van der Waals surface area (Å²) < 4.78 is 0. The molecule has 5 aliphatic carbocycles. The van der Waals surface area contributed by atoms with Crippen LogP contribution in [0, 0.1) is 23.2 Å². The lowest BCUT2D eigenvalue weighted by Gasteiger charge is -2.57. The van der Waals surface area contributed by atoms with Crippen molar-refractivity contribution in [3.05, 3.63) is 47.0 Å². The zero-order valence-electron chi connectivity index (χ0n) is 22.3. The van der Waals surface area contributed by atoms with E-state index < -0.39 is 12.1 Å². The van der Waals surface area contributed by atoms with Gasteiger partial charge in [0.15, 0.2) is 6.10 Å². The molecule has 2 aromatic rings. The first-order valence-electron chi connectivity index (χ1n) is 14.8. The van der Waals surface area contributed by atoms with E-state index in [4.69, 9.17) is 10.1 Å². The molecule has 0 aliphatic heterocycles. The summed E-state index contributed by atoms with van der Waals surface area (Å²) in [6.45, 7) is 0. The molecule has 7 rings (SSSR count). The largest absolute Gasteiger partial charge is 0.479 e. The highest BCUT2D eigenvalue weighted by atomic mass is 16.4. The van der Waals surface area contributed by atoms with Crippen molar-refractivity contribution in [2.45, 2.75) is 102 Å². The molecule has 5 aliphatic rings. The van der Waals surface area contributed by atoms with Crippen molar-refractivity contribution >= 4 is 17.6 Å². The van der Waals surface area contributed by atoms with Crippen molar-refractivity contribution in [1.29, 1.82) is 0 Å². The third-order valence-corrected chi connectivity index (χ3v) is 9.97. The Labute approximate surface area is 224 Å². The second kappa shape index (κ2) is 10.5. The summed E-state index contributed by atoms with van der Waals surface area (Å²) in [7, 11) is 0. The van der Waals surface area contributed by atoms with Gasteiger partial charge in [0, 0.05) is 23.7 Å². The molecule has 1 heterocycles. The second-order valence-corrected chi connectivity index (χ2v) is 12.9. The van der Waals surface area contributed by atoms with Crippen LogP contribution in [0.3, 0.4) is 0 Å². The Balaban J connectivity index is 1.20. The fourth-order valence-electron chi connectivity index (χ4n) is 8.63. The summed E-state index contributed by atoms with van der Waals surface area (Å²) in [5.74, 6) is 2.62. The van der Waals surface area contributed by atoms with Crippen molar-refractivity contribution in [3.63, 3.8) is 0 Å². The number of hydrogen-bond acceptors (Lipinski definition) is 4. The minimum absolute atomic E-state index is 0.0103. The van der Waals surface area contributed by atoms with Gasteiger partial charge in [-0.2, -0.15) is 0 Å². The molecule has 1 unspecified atom stereocenters. The van der Waals surface area contributed by atoms with Crippen molar-refractivity contribution in [2.75, 3.05) is 5.32 Å². The quantitative estimate of drug-likeness (QED) is 0.332. The van der Waals surface area contributed by atoms with Gasteiger partial charge in [0.1, 0.15) is 11.5 Å². The fourth-order valence-corrected chi connectivity index (χ4v) is 8.63. The van der Waals surface area contributed by atoms with Crippen LogP contribution in [0.4, 0.5) is 5.69 Å². The number of anilines is 1. The van der Waals surface area contributed by atoms with Gasteiger partial charge < -0.3 is 20.5 Å². The number of rotatable bonds is 9. The van der Waals surface area contributed by atoms with E-state index in [9.17, 15) is 14.7 Å². The summed E-state index contributed by atoms with van der Waals surface area (Å²) in [5, 5.41) is 21.8. The third-order valence-electron chi connectivity index (χ3n) is 9.97. The molecule has 38 heavy (non-hydrogen) atoms. The topological polar surface area (TPSA) is 115 Å². The summed E-state index contributed by atoms with van der Waals surface area (Å²) >= 11 is 0. The van der Waals surface area contributed by atoms with Crippen LogP contribution in [-0.2, 0) is 17.6 Å². The smallest absolute Gasteiger partial charge is 0.332 e. The maximum absolute atomic E-state index is 13.6. The van der Waals surface area contributed by atoms with Crippen LogP contribution in [0.15, 0.2) is 24.3 Å². The number of carbonyl (C=O) groups is 2. The molecule has 1 aromatic carbocycles. The maximum atomic E-state index is 13.6. The molecule has 0 saturated heterocycles. The number of carboxylic acid groups (broad SMARTS) is 1. The van der Waals surface area contributed by atoms with Gasteiger partial charge in [0.2, 0.25) is 0 Å². The van der Waals surface area contributed by atoms with Crippen molar-refractivity contribution in [3.8, 4) is 0 Å². The minimum atomic E-state index is -1.47. The molecular weight excluding hydrogens is 478 g/mol. The van der Waals surface area contributed by atoms with Gasteiger partial charge in [-0.15, -0.1) is 0 Å². The van der Waals surface area contributed by atoms with Crippen molar-refractivity contribution < 1.29 is 19.8 Å². The molecule has 5 saturated carbocycles. The lowest BCUT2D eigenvalue weighted by Crippen LogP contribution is -2.46. The molecule has 1 atom stereocenters. The molecule has 7 nitrogen and oxygen atoms in total. The van der Waals surface area contributed by atoms with Crippen molar-refractivity contribution in [1.82, 2.24) is 9.97 Å². The normalized spacial score (nSPS) is 29.3. The summed E-state index contributed by atoms with van der Waals surface area (Å²) in [5.41, 5.74) is 3.16. The van der Waals surface area contributed by atoms with Gasteiger partial charge in [0.05, 0.1) is 0 Å². The zero-order valence-corrected chi connectivity index (χ0v) is 22.3. The average molecular weight is 520 g/mol. The molecule has 5 fully saturated rings. The molecular formula is C31H41N3O4. The predicted octanol–water partition coefficient (Wildman–Crippen LogP) is 5.85. The summed E-state index contributed by atoms with van der Waals surface area (Å²) in [6.07, 6.45) is 14.8. The Kier molecular flexibility index (Phi) is 7.06. The lowest BCUT2D eigenvalue weighted by molar-refractivity contribution is -0.146. The van der Waals surface area contributed by atoms with Gasteiger partial charge in [-0.3, -0.25) is 4.79 Å². The van der Waals surface area contributed by atoms with Gasteiger partial charge in [-0.1, -0.05) is 31.4 Å². The average Bonchev–Trinajstić information content (AvgIpc) is 3.32. The number of aliphatic hydroxyl groups is 1. The Bertz CT molecular complexity index is 1150. The van der Waals surface area contributed by atoms with Gasteiger partial charge >= 0.3 is 5.97 Å². The van der Waals surface area contributed by atoms with Gasteiger partial charge in [-0.05, 0) is 105 Å². The third kappa shape index (κ3) is 5.40. The number of aromatic nitrogens is 2. The van der Waals surface area contributed by atoms with E-state index in [1.54, 1.807) is 24.3 Å². The predicted molar refractivity (Wildman–Crippen MR) is 145 cm³/mol. The fraction of sp³-hybridized carbons (Fsp3) is 0.645. The van der Waals surface area contributed by atoms with E-state index in [0.717, 1.165) is 55.0 Å². The van der Waals surface area contributed by atoms with Gasteiger partial charge in [-0.25, -0.2) is 9.78 Å². The van der Waals surface area contributed by atoms with Crippen LogP contribution in [0.1, 0.15) is 111 Å². The van der Waals surface area contributed by atoms with E-state index >= 15 is 0 Å². The molecule has 204 valence electrons. The standard InChI is InChI=1S/C31H41N3O4/c35-26(30(37)38)15-19-5-4-8-24(14-19)32-29(36)27-25(33-28(34-27)23-6-2-1-3-7-23)9-10-31-16-20-11-21(17-31)13-22(12-20)18-31/h4-5,8,14,20-23,26,35H,1-3,6-7,9-13,15-18H2,(H,32,36)(H,33,34)(H,37,38). The number of nitrogens with zero attached hydrogens (tertiary/aromatic N) is 1. The highest BCUT2D eigenvalue weighted by Crippen LogP contribution is 2.61. The van der Waals surface area contributed by atoms with E-state index in [1.807, 2.05) is 0 Å². The minimum Gasteiger partial charge on any atom is -0.479 e. The molecule has 1 amide bonds. The number of benzene rings is 1. The Morgan fingerprint density at radius 3 is 2.39 bits per heavy atom. The SMILES string of the molecule is O=C(Nc1cccc(CC(O)C(=O)O)c1)c1nc(C2CCCCC2)[nH]c1CCC12CC3CC(CC(C3)C1)C2. The zero-order chi connectivity index (χ0) is 26.3. The molecule has 7 heteroatoms. The molecule has 4 N–H and O–H groups in total. The molecule has 1 aromatic heterocycles. The van der Waals surface area contributed by atoms with Crippen LogP contribution in [0.2, 0.25) is 0 Å². The summed E-state index contributed by atoms with van der Waals surface area (Å²) in [6, 6.07) is 7.05. The van der Waals surface area contributed by atoms with Crippen LogP contribution < -0.4 is 5.32 Å². The number of carboxylic acids is 1. The van der Waals surface area contributed by atoms with E-state index in [2.05, 4.69) is 10.3 Å². The molecule has 0 radical (unpaired) electrons. The van der Waals surface area contributed by atoms with E-state index in [1.165, 1.54) is 57.8 Å². The summed E-state index contributed by atoms with van der Waals surface area (Å²) in [4.78, 5) is 33.1. The lowest BCUT2D eigenvalue weighted by atomic mass is 9.48. The number of carbonyl (C=O) groups excluding carboxylic acids is 1. The van der Waals surface area contributed by atoms with Crippen molar-refractivity contribution in [2.24, 2.45) is 23.2 Å². The number of aliphatic carboxylic acids is 1. The number of imidazole rings is 1. The van der Waals surface area contributed by atoms with Crippen LogP contribution in [0.5, 0.6) is 0 Å². The number of aryl methyl sites for hydroxylation is 1. The highest BCUT2D eigenvalue weighted by molar-refractivity contribution is 6.03. The first kappa shape index (κ1) is 25.6. The molecule has 4 bridgehead atoms. The van der Waals surface area contributed by atoms with Gasteiger partial charge in [0.25, 0.3) is 5.91 Å². The molecule has 0 spiro atoms. The Morgan fingerprint density at radius 1 is 1.05 bits per heavy atom. The maximum Gasteiger partial charge on any atom is 0.332 e. The monoisotopic (exact) mass is 519 g/mol. The highest BCUT2D eigenvalue weighted by Gasteiger charge is 2.50. The number of nitrogens with one attached hydrogen (secondary N) is 2. The van der Waals surface area contributed by atoms with Crippen LogP contribution in [0.25, 0.3) is 0 Å². The number of aromatic amines is 1. The van der Waals surface area contributed by atoms with Crippen LogP contribution >= 0.6 is 0 Å². The Morgan fingerprint density at radius 2 is 1.74 bits per heavy atom. The number of aliphatic hydroxyl groups excluding tert-OH is 1. The number of amides is 1. The number of H-pyrrole nitrogens is 1. The van der Waals surface area contributed by atoms with Crippen LogP contribution in [-0.4, -0.2) is 38.2 Å². The van der Waals surface area contributed by atoms with E-state index in [-0.39, 0.29) is 12.3 Å². The Hall–Kier alpha value is -2.67. The first-order valence-corrected chi connectivity index (χ1v) is 14.8. The van der Waals surface area contributed by atoms with E-state index in [0.29, 0.717) is 28.3 Å². The second-order valence-electron chi connectivity index (χ2n) is 12.9. The number of hydrogen-bond donors (Lipinski definition) is 4. The first-order chi connectivity index (χ1) is 18.4.